The van der Waals surface area contributed by atoms with Crippen LogP contribution in [0.2, 0.25) is 0 Å². The second-order valence-corrected chi connectivity index (χ2v) is 4.56. The average Bonchev–Trinajstić information content (AvgIpc) is 2.18. The van der Waals surface area contributed by atoms with Gasteiger partial charge in [0.2, 0.25) is 0 Å². The molecule has 0 aliphatic carbocycles. The first kappa shape index (κ1) is 8.95. The Morgan fingerprint density at radius 1 is 1.46 bits per heavy atom. The van der Waals surface area contributed by atoms with Gasteiger partial charge in [-0.25, -0.2) is 0 Å². The molecule has 1 aromatic carbocycles. The minimum Gasteiger partial charge on any atom is -0.373 e. The van der Waals surface area contributed by atoms with Crippen LogP contribution in [0.1, 0.15) is 12.5 Å². The van der Waals surface area contributed by atoms with E-state index >= 15 is 0 Å². The maximum atomic E-state index is 2.34. The summed E-state index contributed by atoms with van der Waals surface area (Å²) >= 11 is 1.98. The normalized spacial score (nSPS) is 15.7. The summed E-state index contributed by atoms with van der Waals surface area (Å²) in [5, 5.41) is 0. The van der Waals surface area contributed by atoms with E-state index in [2.05, 4.69) is 37.1 Å². The van der Waals surface area contributed by atoms with Crippen LogP contribution in [0.3, 0.4) is 0 Å². The van der Waals surface area contributed by atoms with E-state index in [1.807, 2.05) is 11.8 Å². The van der Waals surface area contributed by atoms with Gasteiger partial charge in [-0.3, -0.25) is 0 Å². The number of thioether (sulfide) groups is 1. The predicted molar refractivity (Wildman–Crippen MR) is 59.8 cm³/mol. The summed E-state index contributed by atoms with van der Waals surface area (Å²) in [7, 11) is 2.17. The van der Waals surface area contributed by atoms with E-state index in [-0.39, 0.29) is 0 Å². The van der Waals surface area contributed by atoms with Gasteiger partial charge in [0.1, 0.15) is 0 Å². The molecular weight excluding hydrogens is 178 g/mol. The van der Waals surface area contributed by atoms with Crippen molar-refractivity contribution < 1.29 is 0 Å². The lowest BCUT2D eigenvalue weighted by molar-refractivity contribution is 0.939. The lowest BCUT2D eigenvalue weighted by atomic mass is 10.1. The van der Waals surface area contributed by atoms with Crippen LogP contribution < -0.4 is 4.90 Å². The minimum atomic E-state index is 1.14. The molecule has 1 aliphatic heterocycles. The number of aryl methyl sites for hydroxylation is 1. The number of nitrogens with zero attached hydrogens (tertiary/aromatic N) is 1. The molecule has 0 spiro atoms. The van der Waals surface area contributed by atoms with E-state index < -0.39 is 0 Å². The third kappa shape index (κ3) is 1.68. The van der Waals surface area contributed by atoms with Gasteiger partial charge >= 0.3 is 0 Å². The molecule has 0 saturated heterocycles. The van der Waals surface area contributed by atoms with E-state index in [0.29, 0.717) is 0 Å². The molecule has 1 aliphatic rings. The van der Waals surface area contributed by atoms with E-state index in [4.69, 9.17) is 0 Å². The number of hydrogen-bond donors (Lipinski definition) is 0. The van der Waals surface area contributed by atoms with Crippen molar-refractivity contribution in [3.05, 3.63) is 23.8 Å². The van der Waals surface area contributed by atoms with Crippen molar-refractivity contribution in [1.29, 1.82) is 0 Å². The standard InChI is InChI=1S/C11H15NS/c1-3-9-4-5-10-11(8-9)13-7-6-12(10)2/h4-5,8H,3,6-7H2,1-2H3. The molecule has 1 heterocycles. The van der Waals surface area contributed by atoms with Crippen LogP contribution in [-0.4, -0.2) is 19.3 Å². The molecule has 0 atom stereocenters. The van der Waals surface area contributed by atoms with Crippen molar-refractivity contribution in [2.45, 2.75) is 18.2 Å². The molecule has 2 rings (SSSR count). The lowest BCUT2D eigenvalue weighted by Gasteiger charge is -2.27. The van der Waals surface area contributed by atoms with E-state index in [1.165, 1.54) is 28.4 Å². The van der Waals surface area contributed by atoms with Crippen LogP contribution in [0.15, 0.2) is 23.1 Å². The van der Waals surface area contributed by atoms with Gasteiger partial charge in [0.05, 0.1) is 5.69 Å². The van der Waals surface area contributed by atoms with Crippen molar-refractivity contribution in [1.82, 2.24) is 0 Å². The smallest absolute Gasteiger partial charge is 0.0502 e. The molecule has 0 radical (unpaired) electrons. The Kier molecular flexibility index (Phi) is 2.49. The first-order chi connectivity index (χ1) is 6.31. The van der Waals surface area contributed by atoms with E-state index in [1.54, 1.807) is 0 Å². The maximum Gasteiger partial charge on any atom is 0.0502 e. The third-order valence-electron chi connectivity index (χ3n) is 2.53. The summed E-state index contributed by atoms with van der Waals surface area (Å²) in [6.45, 7) is 3.38. The molecular formula is C11H15NS. The highest BCUT2D eigenvalue weighted by molar-refractivity contribution is 7.99. The molecule has 2 heteroatoms. The Hall–Kier alpha value is -0.630. The number of anilines is 1. The Morgan fingerprint density at radius 3 is 3.08 bits per heavy atom. The summed E-state index contributed by atoms with van der Waals surface area (Å²) in [6, 6.07) is 6.82. The monoisotopic (exact) mass is 193 g/mol. The fraction of sp³-hybridized carbons (Fsp3) is 0.455. The third-order valence-corrected chi connectivity index (χ3v) is 3.55. The van der Waals surface area contributed by atoms with Crippen molar-refractivity contribution in [3.8, 4) is 0 Å². The van der Waals surface area contributed by atoms with Crippen LogP contribution in [0.4, 0.5) is 5.69 Å². The first-order valence-electron chi connectivity index (χ1n) is 4.78. The first-order valence-corrected chi connectivity index (χ1v) is 5.76. The molecule has 0 unspecified atom stereocenters. The SMILES string of the molecule is CCc1ccc2c(c1)SCCN2C. The topological polar surface area (TPSA) is 3.24 Å². The lowest BCUT2D eigenvalue weighted by Crippen LogP contribution is -2.24. The van der Waals surface area contributed by atoms with Crippen molar-refractivity contribution >= 4 is 17.4 Å². The maximum absolute atomic E-state index is 2.34. The number of hydrogen-bond acceptors (Lipinski definition) is 2. The summed E-state index contributed by atoms with van der Waals surface area (Å²) in [5.41, 5.74) is 2.84. The molecule has 1 aromatic rings. The molecule has 0 N–H and O–H groups in total. The zero-order valence-electron chi connectivity index (χ0n) is 8.21. The summed E-state index contributed by atoms with van der Waals surface area (Å²) in [4.78, 5) is 3.79. The van der Waals surface area contributed by atoms with Gasteiger partial charge in [-0.1, -0.05) is 13.0 Å². The molecule has 1 nitrogen and oxygen atoms in total. The summed E-state index contributed by atoms with van der Waals surface area (Å²) < 4.78 is 0. The number of benzene rings is 1. The van der Waals surface area contributed by atoms with Gasteiger partial charge in [-0.15, -0.1) is 11.8 Å². The zero-order valence-corrected chi connectivity index (χ0v) is 9.03. The largest absolute Gasteiger partial charge is 0.373 e. The Morgan fingerprint density at radius 2 is 2.31 bits per heavy atom. The molecule has 0 fully saturated rings. The van der Waals surface area contributed by atoms with Crippen molar-refractivity contribution in [3.63, 3.8) is 0 Å². The number of rotatable bonds is 1. The number of fused-ring (bicyclic) bond motifs is 1. The molecule has 70 valence electrons. The molecule has 0 saturated carbocycles. The van der Waals surface area contributed by atoms with E-state index in [0.717, 1.165) is 6.42 Å². The molecule has 0 aromatic heterocycles. The average molecular weight is 193 g/mol. The van der Waals surface area contributed by atoms with Crippen LogP contribution in [-0.2, 0) is 6.42 Å². The second kappa shape index (κ2) is 3.62. The van der Waals surface area contributed by atoms with Crippen LogP contribution in [0.5, 0.6) is 0 Å². The zero-order chi connectivity index (χ0) is 9.26. The van der Waals surface area contributed by atoms with Gasteiger partial charge in [-0.2, -0.15) is 0 Å². The van der Waals surface area contributed by atoms with Crippen molar-refractivity contribution in [2.24, 2.45) is 0 Å². The fourth-order valence-corrected chi connectivity index (χ4v) is 2.81. The predicted octanol–water partition coefficient (Wildman–Crippen LogP) is 2.79. The quantitative estimate of drug-likeness (QED) is 0.674. The van der Waals surface area contributed by atoms with Gasteiger partial charge in [-0.05, 0) is 24.1 Å². The minimum absolute atomic E-state index is 1.14. The van der Waals surface area contributed by atoms with Crippen LogP contribution >= 0.6 is 11.8 Å². The van der Waals surface area contributed by atoms with Gasteiger partial charge in [0, 0.05) is 24.2 Å². The fourth-order valence-electron chi connectivity index (χ4n) is 1.62. The second-order valence-electron chi connectivity index (χ2n) is 3.43. The molecule has 0 bridgehead atoms. The Labute approximate surface area is 84.1 Å². The summed E-state index contributed by atoms with van der Waals surface area (Å²) in [5.74, 6) is 1.22. The van der Waals surface area contributed by atoms with Gasteiger partial charge in [0.15, 0.2) is 0 Å². The van der Waals surface area contributed by atoms with Crippen molar-refractivity contribution in [2.75, 3.05) is 24.2 Å². The Bertz CT molecular complexity index is 309. The molecule has 0 amide bonds. The highest BCUT2D eigenvalue weighted by Crippen LogP contribution is 2.34. The molecule has 13 heavy (non-hydrogen) atoms. The van der Waals surface area contributed by atoms with E-state index in [9.17, 15) is 0 Å². The highest BCUT2D eigenvalue weighted by Gasteiger charge is 2.13. The van der Waals surface area contributed by atoms with Crippen LogP contribution in [0, 0.1) is 0 Å². The summed E-state index contributed by atoms with van der Waals surface area (Å²) in [6.07, 6.45) is 1.14. The van der Waals surface area contributed by atoms with Gasteiger partial charge in [0.25, 0.3) is 0 Å². The van der Waals surface area contributed by atoms with Gasteiger partial charge < -0.3 is 4.90 Å². The van der Waals surface area contributed by atoms with Crippen LogP contribution in [0.25, 0.3) is 0 Å². The highest BCUT2D eigenvalue weighted by atomic mass is 32.2. The Balaban J connectivity index is 2.39.